The fraction of sp³-hybridized carbons (Fsp3) is 0.231. The van der Waals surface area contributed by atoms with Gasteiger partial charge in [-0.3, -0.25) is 18.7 Å². The number of para-hydroxylation sites is 2. The number of benzene rings is 2. The average molecular weight is 470 g/mol. The number of hydrogen-bond donors (Lipinski definition) is 1. The van der Waals surface area contributed by atoms with Crippen LogP contribution in [0, 0.1) is 6.92 Å². The van der Waals surface area contributed by atoms with Gasteiger partial charge in [-0.15, -0.1) is 11.3 Å². The third-order valence-corrected chi connectivity index (χ3v) is 7.66. The highest BCUT2D eigenvalue weighted by atomic mass is 32.1. The number of hydrogen-bond acceptors (Lipinski definition) is 5. The lowest BCUT2D eigenvalue weighted by atomic mass is 10.2. The summed E-state index contributed by atoms with van der Waals surface area (Å²) in [5.74, 6) is 0.617. The molecule has 0 spiro atoms. The maximum absolute atomic E-state index is 13.2. The van der Waals surface area contributed by atoms with E-state index in [1.165, 1.54) is 11.3 Å². The number of thiophene rings is 1. The molecule has 0 aliphatic carbocycles. The van der Waals surface area contributed by atoms with Gasteiger partial charge in [-0.1, -0.05) is 18.6 Å². The van der Waals surface area contributed by atoms with Gasteiger partial charge >= 0.3 is 0 Å². The maximum Gasteiger partial charge on any atom is 0.266 e. The minimum absolute atomic E-state index is 0.0217. The Labute approximate surface area is 199 Å². The van der Waals surface area contributed by atoms with Gasteiger partial charge in [0.05, 0.1) is 21.3 Å². The van der Waals surface area contributed by atoms with Crippen LogP contribution in [-0.2, 0) is 13.0 Å². The first-order valence-corrected chi connectivity index (χ1v) is 12.3. The van der Waals surface area contributed by atoms with Crippen LogP contribution >= 0.6 is 11.3 Å². The first-order chi connectivity index (χ1) is 16.6. The molecule has 8 heteroatoms. The van der Waals surface area contributed by atoms with Crippen LogP contribution < -0.4 is 10.9 Å². The van der Waals surface area contributed by atoms with E-state index in [-0.39, 0.29) is 11.5 Å². The Balaban J connectivity index is 1.29. The molecule has 1 amide bonds. The molecule has 4 heterocycles. The van der Waals surface area contributed by atoms with Gasteiger partial charge in [0.15, 0.2) is 0 Å². The molecule has 1 aliphatic rings. The van der Waals surface area contributed by atoms with Gasteiger partial charge in [0, 0.05) is 24.3 Å². The summed E-state index contributed by atoms with van der Waals surface area (Å²) in [6.45, 7) is 2.54. The molecule has 0 unspecified atom stereocenters. The zero-order valence-electron chi connectivity index (χ0n) is 18.7. The van der Waals surface area contributed by atoms with E-state index in [4.69, 9.17) is 4.98 Å². The molecule has 7 nitrogen and oxygen atoms in total. The van der Waals surface area contributed by atoms with Crippen LogP contribution in [0.5, 0.6) is 0 Å². The van der Waals surface area contributed by atoms with Crippen LogP contribution in [0.25, 0.3) is 26.9 Å². The molecule has 0 bridgehead atoms. The molecule has 170 valence electrons. The molecule has 1 aliphatic heterocycles. The van der Waals surface area contributed by atoms with Crippen molar-refractivity contribution in [3.63, 3.8) is 0 Å². The van der Waals surface area contributed by atoms with Crippen molar-refractivity contribution in [3.8, 4) is 5.69 Å². The van der Waals surface area contributed by atoms with Gasteiger partial charge in [0.1, 0.15) is 17.0 Å². The fourth-order valence-corrected chi connectivity index (χ4v) is 5.77. The standard InChI is InChI=1S/C26H23N5O2S/c1-16-22-25(29-21-9-3-2-6-14-30(21)26(22)33)34-23(16)24(32)28-17-10-12-18(13-11-17)31-15-27-19-7-4-5-8-20(19)31/h4-5,7-8,10-13,15H,2-3,6,9,14H2,1H3,(H,28,32). The lowest BCUT2D eigenvalue weighted by Gasteiger charge is -2.08. The van der Waals surface area contributed by atoms with E-state index in [1.54, 1.807) is 10.9 Å². The molecule has 34 heavy (non-hydrogen) atoms. The third-order valence-electron chi connectivity index (χ3n) is 6.47. The van der Waals surface area contributed by atoms with Crippen molar-refractivity contribution in [1.29, 1.82) is 0 Å². The lowest BCUT2D eigenvalue weighted by Crippen LogP contribution is -2.24. The molecule has 0 saturated heterocycles. The van der Waals surface area contributed by atoms with Gasteiger partial charge in [-0.25, -0.2) is 9.97 Å². The second-order valence-electron chi connectivity index (χ2n) is 8.64. The van der Waals surface area contributed by atoms with Crippen LogP contribution in [0.4, 0.5) is 5.69 Å². The topological polar surface area (TPSA) is 81.8 Å². The Hall–Kier alpha value is -3.78. The first kappa shape index (κ1) is 20.8. The maximum atomic E-state index is 13.2. The molecule has 0 radical (unpaired) electrons. The van der Waals surface area contributed by atoms with E-state index in [2.05, 4.69) is 10.3 Å². The number of amides is 1. The fourth-order valence-electron chi connectivity index (χ4n) is 4.68. The van der Waals surface area contributed by atoms with Crippen molar-refractivity contribution in [2.75, 3.05) is 5.32 Å². The summed E-state index contributed by atoms with van der Waals surface area (Å²) in [5, 5.41) is 3.55. The largest absolute Gasteiger partial charge is 0.321 e. The van der Waals surface area contributed by atoms with Crippen LogP contribution in [0.2, 0.25) is 0 Å². The number of rotatable bonds is 3. The van der Waals surface area contributed by atoms with E-state index in [0.717, 1.165) is 48.2 Å². The molecule has 0 saturated carbocycles. The summed E-state index contributed by atoms with van der Waals surface area (Å²) in [7, 11) is 0. The van der Waals surface area contributed by atoms with E-state index in [0.29, 0.717) is 32.9 Å². The van der Waals surface area contributed by atoms with E-state index < -0.39 is 0 Å². The summed E-state index contributed by atoms with van der Waals surface area (Å²) in [4.78, 5) is 36.7. The van der Waals surface area contributed by atoms with Crippen molar-refractivity contribution in [2.45, 2.75) is 39.2 Å². The average Bonchev–Trinajstić information content (AvgIpc) is 3.33. The molecule has 6 rings (SSSR count). The summed E-state index contributed by atoms with van der Waals surface area (Å²) < 4.78 is 3.81. The number of nitrogens with zero attached hydrogens (tertiary/aromatic N) is 4. The molecule has 0 fully saturated rings. The first-order valence-electron chi connectivity index (χ1n) is 11.5. The summed E-state index contributed by atoms with van der Waals surface area (Å²) in [6, 6.07) is 15.6. The molecular formula is C26H23N5O2S. The van der Waals surface area contributed by atoms with Crippen molar-refractivity contribution >= 4 is 44.2 Å². The normalized spacial score (nSPS) is 13.7. The number of nitrogens with one attached hydrogen (secondary N) is 1. The van der Waals surface area contributed by atoms with Gasteiger partial charge in [-0.2, -0.15) is 0 Å². The Kier molecular flexibility index (Phi) is 5.03. The predicted octanol–water partition coefficient (Wildman–Crippen LogP) is 5.08. The van der Waals surface area contributed by atoms with Gasteiger partial charge in [-0.05, 0) is 61.7 Å². The molecule has 2 aromatic carbocycles. The van der Waals surface area contributed by atoms with E-state index in [1.807, 2.05) is 60.0 Å². The number of anilines is 1. The summed E-state index contributed by atoms with van der Waals surface area (Å²) in [5.41, 5.74) is 4.29. The second-order valence-corrected chi connectivity index (χ2v) is 9.64. The highest BCUT2D eigenvalue weighted by molar-refractivity contribution is 7.20. The SMILES string of the molecule is Cc1c(C(=O)Nc2ccc(-n3cnc4ccccc43)cc2)sc2nc3n(c(=O)c12)CCCCC3. The monoisotopic (exact) mass is 469 g/mol. The molecular weight excluding hydrogens is 446 g/mol. The number of aryl methyl sites for hydroxylation is 2. The van der Waals surface area contributed by atoms with E-state index >= 15 is 0 Å². The van der Waals surface area contributed by atoms with Crippen LogP contribution in [0.15, 0.2) is 59.7 Å². The Bertz CT molecular complexity index is 1610. The van der Waals surface area contributed by atoms with Crippen molar-refractivity contribution < 1.29 is 4.79 Å². The zero-order chi connectivity index (χ0) is 23.2. The highest BCUT2D eigenvalue weighted by Gasteiger charge is 2.22. The van der Waals surface area contributed by atoms with Gasteiger partial charge in [0.2, 0.25) is 0 Å². The summed E-state index contributed by atoms with van der Waals surface area (Å²) in [6.07, 6.45) is 5.75. The quantitative estimate of drug-likeness (QED) is 0.399. The number of fused-ring (bicyclic) bond motifs is 3. The Morgan fingerprint density at radius 2 is 1.88 bits per heavy atom. The number of carbonyl (C=O) groups is 1. The third kappa shape index (κ3) is 3.42. The van der Waals surface area contributed by atoms with Gasteiger partial charge in [0.25, 0.3) is 11.5 Å². The minimum Gasteiger partial charge on any atom is -0.321 e. The Morgan fingerprint density at radius 1 is 1.06 bits per heavy atom. The molecule has 0 atom stereocenters. The predicted molar refractivity (Wildman–Crippen MR) is 135 cm³/mol. The smallest absolute Gasteiger partial charge is 0.266 e. The van der Waals surface area contributed by atoms with Crippen LogP contribution in [-0.4, -0.2) is 25.0 Å². The van der Waals surface area contributed by atoms with Crippen molar-refractivity contribution in [3.05, 3.63) is 81.5 Å². The second kappa shape index (κ2) is 8.22. The Morgan fingerprint density at radius 3 is 2.74 bits per heavy atom. The zero-order valence-corrected chi connectivity index (χ0v) is 19.6. The highest BCUT2D eigenvalue weighted by Crippen LogP contribution is 2.29. The number of aromatic nitrogens is 4. The van der Waals surface area contributed by atoms with E-state index in [9.17, 15) is 9.59 Å². The number of carbonyl (C=O) groups excluding carboxylic acids is 1. The van der Waals surface area contributed by atoms with Crippen LogP contribution in [0.1, 0.15) is 40.3 Å². The molecule has 3 aromatic heterocycles. The minimum atomic E-state index is -0.221. The van der Waals surface area contributed by atoms with Crippen molar-refractivity contribution in [2.24, 2.45) is 0 Å². The van der Waals surface area contributed by atoms with Crippen molar-refractivity contribution in [1.82, 2.24) is 19.1 Å². The van der Waals surface area contributed by atoms with Crippen LogP contribution in [0.3, 0.4) is 0 Å². The lowest BCUT2D eigenvalue weighted by molar-refractivity contribution is 0.103. The van der Waals surface area contributed by atoms with Gasteiger partial charge < -0.3 is 5.32 Å². The number of imidazole rings is 1. The summed E-state index contributed by atoms with van der Waals surface area (Å²) >= 11 is 1.30. The molecule has 5 aromatic rings. The molecule has 1 N–H and O–H groups in total.